The van der Waals surface area contributed by atoms with Gasteiger partial charge in [-0.15, -0.1) is 0 Å². The molecule has 2 aromatic rings. The maximum Gasteiger partial charge on any atom is 0.426 e. The number of esters is 2. The zero-order valence-corrected chi connectivity index (χ0v) is 20.4. The molecule has 0 heterocycles. The summed E-state index contributed by atoms with van der Waals surface area (Å²) in [6.07, 6.45) is -8.28. The molecule has 0 fully saturated rings. The SMILES string of the molecule is O=C(Oc1c(Br)cc(Br)cc1Br)c1ccc(C(=O)OC(CS(=O)(=O)O)C(F)(F)F)cc1. The minimum absolute atomic E-state index is 0.0245. The summed E-state index contributed by atoms with van der Waals surface area (Å²) in [5.74, 6) is -3.98. The van der Waals surface area contributed by atoms with Gasteiger partial charge in [-0.2, -0.15) is 21.6 Å². The Bertz CT molecular complexity index is 1080. The molecule has 0 aliphatic carbocycles. The summed E-state index contributed by atoms with van der Waals surface area (Å²) >= 11 is 9.74. The maximum atomic E-state index is 12.9. The molecule has 0 bridgehead atoms. The number of benzene rings is 2. The van der Waals surface area contributed by atoms with Gasteiger partial charge < -0.3 is 9.47 Å². The number of carbonyl (C=O) groups is 2. The number of carbonyl (C=O) groups excluding carboxylic acids is 2. The van der Waals surface area contributed by atoms with E-state index in [1.807, 2.05) is 0 Å². The Kier molecular flexibility index (Phi) is 8.30. The lowest BCUT2D eigenvalue weighted by Gasteiger charge is -2.19. The summed E-state index contributed by atoms with van der Waals surface area (Å²) in [4.78, 5) is 24.3. The van der Waals surface area contributed by atoms with Crippen LogP contribution in [0.5, 0.6) is 5.75 Å². The van der Waals surface area contributed by atoms with Crippen molar-refractivity contribution in [1.82, 2.24) is 0 Å². The van der Waals surface area contributed by atoms with E-state index in [1.54, 1.807) is 12.1 Å². The second kappa shape index (κ2) is 9.98. The summed E-state index contributed by atoms with van der Waals surface area (Å²) in [5, 5.41) is 0. The van der Waals surface area contributed by atoms with E-state index in [-0.39, 0.29) is 16.9 Å². The summed E-state index contributed by atoms with van der Waals surface area (Å²) < 4.78 is 79.8. The quantitative estimate of drug-likeness (QED) is 0.260. The van der Waals surface area contributed by atoms with Crippen LogP contribution in [-0.2, 0) is 14.9 Å². The molecule has 0 aliphatic rings. The molecular weight excluding hydrogens is 645 g/mol. The highest BCUT2D eigenvalue weighted by Gasteiger charge is 2.45. The molecule has 1 unspecified atom stereocenters. The third-order valence-electron chi connectivity index (χ3n) is 3.49. The first-order chi connectivity index (χ1) is 14.2. The van der Waals surface area contributed by atoms with E-state index in [0.717, 1.165) is 24.3 Å². The van der Waals surface area contributed by atoms with Gasteiger partial charge in [0.25, 0.3) is 10.1 Å². The number of ether oxygens (including phenoxy) is 2. The number of alkyl halides is 3. The molecule has 2 aromatic carbocycles. The molecule has 0 spiro atoms. The monoisotopic (exact) mass is 652 g/mol. The number of halogens is 6. The number of rotatable bonds is 6. The van der Waals surface area contributed by atoms with Crippen LogP contribution < -0.4 is 4.74 Å². The largest absolute Gasteiger partial charge is 0.448 e. The van der Waals surface area contributed by atoms with Gasteiger partial charge in [-0.05, 0) is 68.3 Å². The van der Waals surface area contributed by atoms with Crippen molar-refractivity contribution in [3.63, 3.8) is 0 Å². The molecule has 0 radical (unpaired) electrons. The summed E-state index contributed by atoms with van der Waals surface area (Å²) in [5.41, 5.74) is -0.407. The molecule has 0 aliphatic heterocycles. The second-order valence-electron chi connectivity index (χ2n) is 5.85. The normalized spacial score (nSPS) is 12.9. The lowest BCUT2D eigenvalue weighted by molar-refractivity contribution is -0.197. The molecule has 168 valence electrons. The minimum Gasteiger partial charge on any atom is -0.448 e. The Labute approximate surface area is 199 Å². The molecule has 0 saturated heterocycles. The topological polar surface area (TPSA) is 107 Å². The Balaban J connectivity index is 2.15. The summed E-state index contributed by atoms with van der Waals surface area (Å²) in [6.45, 7) is 0. The van der Waals surface area contributed by atoms with Gasteiger partial charge in [-0.1, -0.05) is 15.9 Å². The fraction of sp³-hybridized carbons (Fsp3) is 0.176. The van der Waals surface area contributed by atoms with Crippen LogP contribution in [0.2, 0.25) is 0 Å². The zero-order chi connectivity index (χ0) is 23.6. The lowest BCUT2D eigenvalue weighted by Crippen LogP contribution is -2.39. The molecule has 7 nitrogen and oxygen atoms in total. The van der Waals surface area contributed by atoms with Gasteiger partial charge in [0.15, 0.2) is 5.75 Å². The predicted molar refractivity (Wildman–Crippen MR) is 113 cm³/mol. The van der Waals surface area contributed by atoms with Crippen LogP contribution in [-0.4, -0.2) is 42.9 Å². The van der Waals surface area contributed by atoms with Gasteiger partial charge in [0.05, 0.1) is 20.1 Å². The van der Waals surface area contributed by atoms with Crippen molar-refractivity contribution < 1.29 is 45.2 Å². The van der Waals surface area contributed by atoms with Gasteiger partial charge in [-0.3, -0.25) is 4.55 Å². The van der Waals surface area contributed by atoms with E-state index in [2.05, 4.69) is 52.5 Å². The zero-order valence-electron chi connectivity index (χ0n) is 14.8. The fourth-order valence-corrected chi connectivity index (χ4v) is 5.16. The average molecular weight is 655 g/mol. The van der Waals surface area contributed by atoms with Gasteiger partial charge in [0.1, 0.15) is 5.75 Å². The van der Waals surface area contributed by atoms with Crippen molar-refractivity contribution >= 4 is 69.8 Å². The van der Waals surface area contributed by atoms with Gasteiger partial charge in [0, 0.05) is 4.47 Å². The van der Waals surface area contributed by atoms with E-state index >= 15 is 0 Å². The van der Waals surface area contributed by atoms with E-state index in [4.69, 9.17) is 9.29 Å². The Morgan fingerprint density at radius 2 is 1.42 bits per heavy atom. The summed E-state index contributed by atoms with van der Waals surface area (Å²) in [6, 6.07) is 7.51. The van der Waals surface area contributed by atoms with Crippen LogP contribution in [0.1, 0.15) is 20.7 Å². The minimum atomic E-state index is -5.22. The highest BCUT2D eigenvalue weighted by Crippen LogP contribution is 2.37. The molecule has 0 amide bonds. The molecule has 0 saturated carbocycles. The van der Waals surface area contributed by atoms with Crippen molar-refractivity contribution in [3.05, 3.63) is 60.9 Å². The highest BCUT2D eigenvalue weighted by molar-refractivity contribution is 9.11. The van der Waals surface area contributed by atoms with Crippen LogP contribution >= 0.6 is 47.8 Å². The first-order valence-electron chi connectivity index (χ1n) is 7.87. The highest BCUT2D eigenvalue weighted by atomic mass is 79.9. The number of hydrogen-bond donors (Lipinski definition) is 1. The van der Waals surface area contributed by atoms with Crippen molar-refractivity contribution in [3.8, 4) is 5.75 Å². The molecule has 1 atom stereocenters. The van der Waals surface area contributed by atoms with E-state index < -0.39 is 40.1 Å². The molecule has 31 heavy (non-hydrogen) atoms. The van der Waals surface area contributed by atoms with Crippen molar-refractivity contribution in [2.45, 2.75) is 12.3 Å². The van der Waals surface area contributed by atoms with Crippen LogP contribution in [0.15, 0.2) is 49.8 Å². The maximum absolute atomic E-state index is 12.9. The second-order valence-corrected chi connectivity index (χ2v) is 9.97. The molecule has 0 aromatic heterocycles. The van der Waals surface area contributed by atoms with Gasteiger partial charge >= 0.3 is 18.1 Å². The molecule has 2 rings (SSSR count). The van der Waals surface area contributed by atoms with E-state index in [1.165, 1.54) is 0 Å². The van der Waals surface area contributed by atoms with Gasteiger partial charge in [0.2, 0.25) is 6.10 Å². The van der Waals surface area contributed by atoms with Crippen molar-refractivity contribution in [2.24, 2.45) is 0 Å². The van der Waals surface area contributed by atoms with Crippen LogP contribution in [0.25, 0.3) is 0 Å². The molecular formula is C17H10Br3F3O7S. The third-order valence-corrected chi connectivity index (χ3v) is 5.85. The lowest BCUT2D eigenvalue weighted by atomic mass is 10.1. The fourth-order valence-electron chi connectivity index (χ4n) is 2.10. The third kappa shape index (κ3) is 7.56. The van der Waals surface area contributed by atoms with E-state index in [0.29, 0.717) is 13.4 Å². The summed E-state index contributed by atoms with van der Waals surface area (Å²) in [7, 11) is -5.06. The molecule has 14 heteroatoms. The number of hydrogen-bond acceptors (Lipinski definition) is 6. The van der Waals surface area contributed by atoms with Crippen LogP contribution in [0.4, 0.5) is 13.2 Å². The van der Waals surface area contributed by atoms with Gasteiger partial charge in [-0.25, -0.2) is 9.59 Å². The van der Waals surface area contributed by atoms with Crippen molar-refractivity contribution in [2.75, 3.05) is 5.75 Å². The first kappa shape index (κ1) is 25.8. The molecule has 1 N–H and O–H groups in total. The van der Waals surface area contributed by atoms with E-state index in [9.17, 15) is 31.2 Å². The average Bonchev–Trinajstić information content (AvgIpc) is 2.62. The van der Waals surface area contributed by atoms with Crippen LogP contribution in [0.3, 0.4) is 0 Å². The Morgan fingerprint density at radius 3 is 1.84 bits per heavy atom. The predicted octanol–water partition coefficient (Wildman–Crippen LogP) is 5.17. The Morgan fingerprint density at radius 1 is 0.968 bits per heavy atom. The first-order valence-corrected chi connectivity index (χ1v) is 11.9. The smallest absolute Gasteiger partial charge is 0.426 e. The standard InChI is InChI=1S/C17H10Br3F3O7S/c18-10-5-11(19)14(12(20)6-10)30-16(25)9-3-1-8(2-4-9)15(24)29-13(17(21,22)23)7-31(26,27)28/h1-6,13H,7H2,(H,26,27,28). The van der Waals surface area contributed by atoms with Crippen LogP contribution in [0, 0.1) is 0 Å². The Hall–Kier alpha value is -1.48. The van der Waals surface area contributed by atoms with Crippen molar-refractivity contribution in [1.29, 1.82) is 0 Å².